The van der Waals surface area contributed by atoms with Gasteiger partial charge in [-0.15, -0.1) is 0 Å². The summed E-state index contributed by atoms with van der Waals surface area (Å²) < 4.78 is 6.06. The van der Waals surface area contributed by atoms with Crippen LogP contribution >= 0.6 is 0 Å². The summed E-state index contributed by atoms with van der Waals surface area (Å²) in [7, 11) is 0. The quantitative estimate of drug-likeness (QED) is 0.0465. The molecular formula is C38H67Na3O9. The first kappa shape index (κ1) is 57.6. The Labute approximate surface area is 370 Å². The van der Waals surface area contributed by atoms with E-state index in [2.05, 4.69) is 0 Å². The second kappa shape index (κ2) is 29.2. The van der Waals surface area contributed by atoms with Crippen LogP contribution in [0.15, 0.2) is 0 Å². The standard InChI is InChI=1S/C38H70O9.3Na/c1-35(2,31(40)41)25-17-9-13-21-29(39)22-14-10-20-28-38(7,8)34(46)47-30(23-15-11-18-26-36(3,4)32(42)43)24-16-12-19-27-37(5,6)33(44)45;;;/h29-30,39H,9-28H2,1-8H3,(H,40,41)(H,42,43)(H,44,45);;;/q;3*+1/p-3. The van der Waals surface area contributed by atoms with Crippen LogP contribution in [0, 0.1) is 21.7 Å². The van der Waals surface area contributed by atoms with Gasteiger partial charge in [0.1, 0.15) is 6.10 Å². The Morgan fingerprint density at radius 3 is 1.00 bits per heavy atom. The van der Waals surface area contributed by atoms with E-state index in [0.29, 0.717) is 51.4 Å². The zero-order valence-corrected chi connectivity index (χ0v) is 40.0. The maximum absolute atomic E-state index is 13.3. The summed E-state index contributed by atoms with van der Waals surface area (Å²) in [6, 6.07) is 0. The van der Waals surface area contributed by atoms with Crippen LogP contribution in [-0.2, 0) is 23.9 Å². The molecule has 0 heterocycles. The number of hydrogen-bond donors (Lipinski definition) is 1. The molecule has 0 rings (SSSR count). The summed E-state index contributed by atoms with van der Waals surface area (Å²) >= 11 is 0. The predicted molar refractivity (Wildman–Crippen MR) is 178 cm³/mol. The third-order valence-electron chi connectivity index (χ3n) is 9.82. The number of unbranched alkanes of at least 4 members (excludes halogenated alkanes) is 8. The van der Waals surface area contributed by atoms with Gasteiger partial charge in [-0.25, -0.2) is 0 Å². The monoisotopic (exact) mass is 736 g/mol. The van der Waals surface area contributed by atoms with Gasteiger partial charge in [0.05, 0.1) is 11.5 Å². The second-order valence-corrected chi connectivity index (χ2v) is 16.5. The third-order valence-corrected chi connectivity index (χ3v) is 9.82. The van der Waals surface area contributed by atoms with E-state index in [9.17, 15) is 39.6 Å². The molecule has 0 bridgehead atoms. The van der Waals surface area contributed by atoms with Gasteiger partial charge in [0.2, 0.25) is 0 Å². The Bertz CT molecular complexity index is 916. The molecule has 9 nitrogen and oxygen atoms in total. The molecule has 0 fully saturated rings. The molecule has 0 aromatic carbocycles. The van der Waals surface area contributed by atoms with Crippen LogP contribution in [0.2, 0.25) is 0 Å². The molecule has 0 radical (unpaired) electrons. The second-order valence-electron chi connectivity index (χ2n) is 16.5. The van der Waals surface area contributed by atoms with Gasteiger partial charge < -0.3 is 39.5 Å². The number of carbonyl (C=O) groups excluding carboxylic acids is 4. The molecule has 0 aliphatic rings. The number of ether oxygens (including phenoxy) is 1. The molecule has 12 heteroatoms. The maximum atomic E-state index is 13.3. The SMILES string of the molecule is CC(C)(CCCCCC(O)CCCCCC(C)(C)C(=O)OC(CCCCCC(C)(C)C(=O)[O-])CCCCCC(C)(C)C(=O)[O-])C(=O)[O-].[Na+].[Na+].[Na+]. The van der Waals surface area contributed by atoms with Crippen molar-refractivity contribution in [3.05, 3.63) is 0 Å². The first-order valence-electron chi connectivity index (χ1n) is 18.2. The molecule has 1 unspecified atom stereocenters. The minimum Gasteiger partial charge on any atom is -0.550 e. The van der Waals surface area contributed by atoms with Crippen molar-refractivity contribution in [2.45, 2.75) is 196 Å². The number of carbonyl (C=O) groups is 4. The molecule has 0 saturated carbocycles. The fourth-order valence-corrected chi connectivity index (χ4v) is 5.60. The van der Waals surface area contributed by atoms with Gasteiger partial charge in [0.25, 0.3) is 0 Å². The van der Waals surface area contributed by atoms with Crippen molar-refractivity contribution in [2.75, 3.05) is 0 Å². The molecule has 0 aliphatic heterocycles. The number of aliphatic carboxylic acids is 3. The van der Waals surface area contributed by atoms with Crippen molar-refractivity contribution in [3.63, 3.8) is 0 Å². The van der Waals surface area contributed by atoms with Gasteiger partial charge in [-0.2, -0.15) is 0 Å². The van der Waals surface area contributed by atoms with E-state index in [4.69, 9.17) is 4.74 Å². The van der Waals surface area contributed by atoms with Crippen molar-refractivity contribution in [1.29, 1.82) is 0 Å². The van der Waals surface area contributed by atoms with E-state index in [0.717, 1.165) is 77.0 Å². The molecule has 50 heavy (non-hydrogen) atoms. The van der Waals surface area contributed by atoms with Gasteiger partial charge >= 0.3 is 94.6 Å². The molecule has 0 amide bonds. The van der Waals surface area contributed by atoms with E-state index in [1.165, 1.54) is 0 Å². The first-order valence-corrected chi connectivity index (χ1v) is 18.2. The van der Waals surface area contributed by atoms with E-state index >= 15 is 0 Å². The van der Waals surface area contributed by atoms with Gasteiger partial charge in [-0.05, 0) is 78.1 Å². The van der Waals surface area contributed by atoms with Crippen molar-refractivity contribution < 1.29 is 133 Å². The molecular weight excluding hydrogens is 669 g/mol. The van der Waals surface area contributed by atoms with E-state index in [1.54, 1.807) is 41.5 Å². The molecule has 0 spiro atoms. The van der Waals surface area contributed by atoms with Crippen molar-refractivity contribution in [2.24, 2.45) is 21.7 Å². The summed E-state index contributed by atoms with van der Waals surface area (Å²) in [4.78, 5) is 46.9. The Morgan fingerprint density at radius 2 is 0.720 bits per heavy atom. The first-order chi connectivity index (χ1) is 21.6. The molecule has 0 aromatic rings. The minimum atomic E-state index is -1.05. The number of carboxylic acids is 3. The predicted octanol–water partition coefficient (Wildman–Crippen LogP) is -3.57. The Morgan fingerprint density at radius 1 is 0.460 bits per heavy atom. The molecule has 0 aromatic heterocycles. The zero-order chi connectivity index (χ0) is 36.3. The van der Waals surface area contributed by atoms with E-state index < -0.39 is 39.6 Å². The van der Waals surface area contributed by atoms with Crippen LogP contribution in [-0.4, -0.2) is 41.2 Å². The molecule has 0 saturated heterocycles. The Hall–Kier alpha value is 0.840. The van der Waals surface area contributed by atoms with Gasteiger partial charge in [0.15, 0.2) is 0 Å². The Kier molecular flexibility index (Phi) is 33.6. The van der Waals surface area contributed by atoms with Crippen molar-refractivity contribution >= 4 is 23.9 Å². The van der Waals surface area contributed by atoms with Gasteiger partial charge in [0, 0.05) is 34.2 Å². The van der Waals surface area contributed by atoms with Crippen LogP contribution in [0.4, 0.5) is 0 Å². The van der Waals surface area contributed by atoms with Crippen molar-refractivity contribution in [1.82, 2.24) is 0 Å². The molecule has 276 valence electrons. The summed E-state index contributed by atoms with van der Waals surface area (Å²) in [6.45, 7) is 13.9. The van der Waals surface area contributed by atoms with Gasteiger partial charge in [-0.1, -0.05) is 106 Å². The average Bonchev–Trinajstić information content (AvgIpc) is 2.95. The largest absolute Gasteiger partial charge is 1.00 e. The van der Waals surface area contributed by atoms with Gasteiger partial charge in [-0.3, -0.25) is 4.79 Å². The zero-order valence-electron chi connectivity index (χ0n) is 34.0. The number of rotatable bonds is 29. The summed E-state index contributed by atoms with van der Waals surface area (Å²) in [5.41, 5.74) is -3.20. The molecule has 1 N–H and O–H groups in total. The van der Waals surface area contributed by atoms with Crippen LogP contribution in [0.5, 0.6) is 0 Å². The summed E-state index contributed by atoms with van der Waals surface area (Å²) in [5.74, 6) is -3.34. The van der Waals surface area contributed by atoms with Crippen LogP contribution < -0.4 is 104 Å². The average molecular weight is 737 g/mol. The number of aliphatic hydroxyl groups is 1. The van der Waals surface area contributed by atoms with Crippen LogP contribution in [0.25, 0.3) is 0 Å². The molecule has 0 aliphatic carbocycles. The number of aliphatic hydroxyl groups excluding tert-OH is 1. The fraction of sp³-hybridized carbons (Fsp3) is 0.895. The smallest absolute Gasteiger partial charge is 0.550 e. The summed E-state index contributed by atoms with van der Waals surface area (Å²) in [6.07, 6.45) is 14.5. The third kappa shape index (κ3) is 26.6. The van der Waals surface area contributed by atoms with E-state index in [1.807, 2.05) is 13.8 Å². The summed E-state index contributed by atoms with van der Waals surface area (Å²) in [5, 5.41) is 44.0. The maximum Gasteiger partial charge on any atom is 1.00 e. The minimum absolute atomic E-state index is 0. The normalized spacial score (nSPS) is 12.7. The number of esters is 1. The van der Waals surface area contributed by atoms with Crippen LogP contribution in [0.1, 0.15) is 184 Å². The van der Waals surface area contributed by atoms with Crippen LogP contribution in [0.3, 0.4) is 0 Å². The fourth-order valence-electron chi connectivity index (χ4n) is 5.60. The van der Waals surface area contributed by atoms with Crippen molar-refractivity contribution in [3.8, 4) is 0 Å². The van der Waals surface area contributed by atoms with E-state index in [-0.39, 0.29) is 107 Å². The topological polar surface area (TPSA) is 167 Å². The molecule has 1 atom stereocenters. The number of carboxylic acid groups (broad SMARTS) is 3. The Balaban J connectivity index is -0.00000353. The number of hydrogen-bond acceptors (Lipinski definition) is 9.